The number of hydrogen-bond acceptors (Lipinski definition) is 53. The number of aliphatic hydroxyl groups excluding tert-OH is 28. The first-order chi connectivity index (χ1) is 61.5. The van der Waals surface area contributed by atoms with Crippen molar-refractivity contribution in [1.29, 1.82) is 0 Å². The molecule has 0 aromatic rings. The Morgan fingerprint density at radius 2 is 0.485 bits per heavy atom. The van der Waals surface area contributed by atoms with Crippen LogP contribution in [0.15, 0.2) is 0 Å². The molecule has 11 aliphatic rings. The SMILES string of the molecule is CC(=O)N[C@H]1[C@H](O[C@H]2[C@H](O[C@@H]3O[C@@H](C)[C@@H](O)[C@@H](O)[C@@H]3O)[C@@H](NC(C)=O)C(O)O[C@@H]2CO)O[C@H](CO)[C@@H](O[C@@H]2O[C@H](CO[C@H]3O[C@H](CO)[C@@H](O)[C@H](O)[C@@H]3O[C@@H]3O[C@H](CO)[C@@H](O)[C@H](O)[C@H]3NC(C)=O)[C@@H](O)[C@H](O[C@H]3O[C@H](CO)[C@@H](O)[C@H](O)[C@@H]3O[C@@H]3O[C@H](CO)[C@@H](O[C@@H]4O[C@@H](C)[C@@H](O)[C@@H](O)[C@@H]4O)[C@H](O[C@@H]4O[C@H](CO)[C@H](O)[C@H](O)[C@H]4O)[C@H]3NC(C)=O)[C@@H]2O[C@@H]2O[C@H](CO)[C@H](O)[C@H]2O)[C@@H]1O. The van der Waals surface area contributed by atoms with Crippen molar-refractivity contribution in [1.82, 2.24) is 21.3 Å². The molecule has 0 aliphatic carbocycles. The van der Waals surface area contributed by atoms with Gasteiger partial charge in [0.05, 0.1) is 71.7 Å². The Balaban J connectivity index is 1.02. The van der Waals surface area contributed by atoms with Crippen LogP contribution in [0.1, 0.15) is 41.5 Å². The van der Waals surface area contributed by atoms with Gasteiger partial charge in [0, 0.05) is 27.7 Å². The topological polar surface area (TPSA) is 877 Å². The zero-order valence-electron chi connectivity index (χ0n) is 70.3. The molecule has 54 atom stereocenters. The summed E-state index contributed by atoms with van der Waals surface area (Å²) >= 11 is 0. The molecule has 32 N–H and O–H groups in total. The van der Waals surface area contributed by atoms with Crippen LogP contribution in [-0.4, -0.2) is 557 Å². The molecule has 11 fully saturated rings. The Bertz CT molecular complexity index is 3560. The van der Waals surface area contributed by atoms with Crippen LogP contribution in [0.25, 0.3) is 0 Å². The first-order valence-corrected chi connectivity index (χ1v) is 41.8. The average molecular weight is 1900 g/mol. The van der Waals surface area contributed by atoms with E-state index in [1.54, 1.807) is 0 Å². The van der Waals surface area contributed by atoms with Gasteiger partial charge in [-0.2, -0.15) is 0 Å². The first kappa shape index (κ1) is 106. The van der Waals surface area contributed by atoms with Crippen molar-refractivity contribution in [2.24, 2.45) is 0 Å². The monoisotopic (exact) mass is 1900 g/mol. The Labute approximate surface area is 736 Å². The molecule has 57 nitrogen and oxygen atoms in total. The summed E-state index contributed by atoms with van der Waals surface area (Å²) in [7, 11) is 0. The maximum atomic E-state index is 13.7. The lowest BCUT2D eigenvalue weighted by atomic mass is 9.93. The number of carbonyl (C=O) groups excluding carboxylic acids is 4. The molecule has 11 aliphatic heterocycles. The fourth-order valence-electron chi connectivity index (χ4n) is 17.1. The Hall–Kier alpha value is -4.08. The molecule has 0 aromatic carbocycles. The quantitative estimate of drug-likeness (QED) is 0.0290. The normalized spacial score (nSPS) is 50.3. The lowest BCUT2D eigenvalue weighted by Crippen LogP contribution is -2.72. The fraction of sp³-hybridized carbons (Fsp3) is 0.945. The van der Waals surface area contributed by atoms with E-state index in [1.165, 1.54) is 13.8 Å². The van der Waals surface area contributed by atoms with E-state index in [-0.39, 0.29) is 0 Å². The van der Waals surface area contributed by atoms with E-state index in [9.17, 15) is 162 Å². The van der Waals surface area contributed by atoms with Gasteiger partial charge in [-0.1, -0.05) is 0 Å². The van der Waals surface area contributed by atoms with Gasteiger partial charge in [-0.15, -0.1) is 0 Å². The highest BCUT2D eigenvalue weighted by Crippen LogP contribution is 2.43. The van der Waals surface area contributed by atoms with Gasteiger partial charge >= 0.3 is 0 Å². The van der Waals surface area contributed by atoms with Gasteiger partial charge in [-0.25, -0.2) is 0 Å². The predicted molar refractivity (Wildman–Crippen MR) is 400 cm³/mol. The lowest BCUT2D eigenvalue weighted by molar-refractivity contribution is -0.411. The molecule has 1 unspecified atom stereocenters. The molecule has 0 radical (unpaired) electrons. The van der Waals surface area contributed by atoms with Crippen molar-refractivity contribution in [2.45, 2.75) is 373 Å². The van der Waals surface area contributed by atoms with E-state index in [0.717, 1.165) is 27.7 Å². The molecular weight excluding hydrogens is 1780 g/mol. The van der Waals surface area contributed by atoms with Crippen molar-refractivity contribution in [3.05, 3.63) is 0 Å². The molecule has 11 heterocycles. The van der Waals surface area contributed by atoms with Crippen LogP contribution < -0.4 is 21.3 Å². The van der Waals surface area contributed by atoms with Crippen LogP contribution in [0.2, 0.25) is 0 Å². The zero-order valence-corrected chi connectivity index (χ0v) is 70.3. The minimum absolute atomic E-state index is 0.880. The fourth-order valence-corrected chi connectivity index (χ4v) is 17.1. The van der Waals surface area contributed by atoms with Gasteiger partial charge in [0.2, 0.25) is 23.6 Å². The summed E-state index contributed by atoms with van der Waals surface area (Å²) in [6.45, 7) is -4.55. The number of nitrogens with one attached hydrogen (secondary N) is 4. The largest absolute Gasteiger partial charge is 0.394 e. The highest BCUT2D eigenvalue weighted by Gasteiger charge is 2.64. The average Bonchev–Trinajstić information content (AvgIpc) is 1.46. The van der Waals surface area contributed by atoms with Crippen LogP contribution in [0.5, 0.6) is 0 Å². The number of aliphatic hydroxyl groups is 28. The summed E-state index contributed by atoms with van der Waals surface area (Å²) < 4.78 is 129. The van der Waals surface area contributed by atoms with E-state index in [0.29, 0.717) is 0 Å². The molecule has 0 spiro atoms. The Kier molecular flexibility index (Phi) is 37.7. The van der Waals surface area contributed by atoms with Crippen LogP contribution >= 0.6 is 0 Å². The second-order valence-corrected chi connectivity index (χ2v) is 33.3. The minimum atomic E-state index is -2.65. The van der Waals surface area contributed by atoms with Crippen molar-refractivity contribution in [3.8, 4) is 0 Å². The van der Waals surface area contributed by atoms with Crippen molar-refractivity contribution < 1.29 is 262 Å². The molecule has 57 heteroatoms. The third kappa shape index (κ3) is 23.1. The summed E-state index contributed by atoms with van der Waals surface area (Å²) in [6, 6.07) is -7.91. The van der Waals surface area contributed by atoms with E-state index in [2.05, 4.69) is 21.3 Å². The van der Waals surface area contributed by atoms with Crippen molar-refractivity contribution >= 4 is 23.6 Å². The highest BCUT2D eigenvalue weighted by atomic mass is 16.8. The second-order valence-electron chi connectivity index (χ2n) is 33.3. The molecule has 0 saturated carbocycles. The van der Waals surface area contributed by atoms with Gasteiger partial charge in [-0.05, 0) is 13.8 Å². The number of amides is 4. The van der Waals surface area contributed by atoms with Gasteiger partial charge < -0.3 is 264 Å². The molecule has 11 rings (SSSR count). The molecular formula is C73H122N4O53. The minimum Gasteiger partial charge on any atom is -0.394 e. The van der Waals surface area contributed by atoms with Gasteiger partial charge in [0.1, 0.15) is 250 Å². The van der Waals surface area contributed by atoms with Crippen molar-refractivity contribution in [2.75, 3.05) is 59.5 Å². The van der Waals surface area contributed by atoms with Gasteiger partial charge in [0.15, 0.2) is 69.2 Å². The van der Waals surface area contributed by atoms with Crippen molar-refractivity contribution in [3.63, 3.8) is 0 Å². The van der Waals surface area contributed by atoms with E-state index >= 15 is 0 Å². The van der Waals surface area contributed by atoms with Crippen LogP contribution in [-0.2, 0) is 119 Å². The molecule has 4 amide bonds. The number of hydrogen-bond donors (Lipinski definition) is 32. The van der Waals surface area contributed by atoms with Crippen LogP contribution in [0.3, 0.4) is 0 Å². The number of ether oxygens (including phenoxy) is 21. The summed E-state index contributed by atoms with van der Waals surface area (Å²) in [5.74, 6) is -3.90. The van der Waals surface area contributed by atoms with E-state index in [4.69, 9.17) is 99.5 Å². The molecule has 752 valence electrons. The maximum Gasteiger partial charge on any atom is 0.217 e. The smallest absolute Gasteiger partial charge is 0.217 e. The number of rotatable bonds is 33. The standard InChI is InChI=1S/C73H122N4O53/c1-16-35(90)45(100)51(106)67(111-16)124-56-29(14-85)120-66(34(77-21(6)89)58(56)126-70-53(108)47(102)38(93)23(8-79)115-70)129-61-49(104)40(95)25(10-81)118-72(61)127-59-42(97)30(15-110-71-60(48(103)39(94)24(9-80)117-71)128-64-31(74-18(3)86)43(98)37(92)22(7-78)114-64)121-73(62(59)130-69-50(105)41(96)26(11-82)116-69)122-54-27(12-83)119-65(32(44(54)99)75-19(4)87)123-55-28(13-84)113-63(109)33(76-20(5)88)57(55)125-68-52(107)46(101)36(91)17(2)112-68/h16-17,22-73,78-85,90-109H,7-15H2,1-6H3,(H,74,86)(H,75,87)(H,76,88)(H,77,89)/t16-,17-,22+,23+,24+,25+,26+,27+,28+,29+,30+,31+,32+,33+,34+,35+,36+,37+,38-,39+,40+,41-,42+,43+,44+,45+,46+,47-,48-,49-,50+,51-,52-,53+,54+,55+,56+,57+,58+,59-,60-,61-,62-,63?,64-,65-,66-,67-,68-,69-,70-,71-,72+,73-/m0/s1. The van der Waals surface area contributed by atoms with E-state index < -0.39 is 415 Å². The summed E-state index contributed by atoms with van der Waals surface area (Å²) in [6.07, 6.45) is -107. The first-order valence-electron chi connectivity index (χ1n) is 41.8. The van der Waals surface area contributed by atoms with Crippen LogP contribution in [0.4, 0.5) is 0 Å². The highest BCUT2D eigenvalue weighted by molar-refractivity contribution is 5.74. The molecule has 130 heavy (non-hydrogen) atoms. The summed E-state index contributed by atoms with van der Waals surface area (Å²) in [5, 5.41) is 326. The Morgan fingerprint density at radius 1 is 0.215 bits per heavy atom. The van der Waals surface area contributed by atoms with Crippen LogP contribution in [0, 0.1) is 0 Å². The molecule has 0 bridgehead atoms. The second kappa shape index (κ2) is 46.1. The van der Waals surface area contributed by atoms with Gasteiger partial charge in [0.25, 0.3) is 0 Å². The maximum absolute atomic E-state index is 13.7. The zero-order chi connectivity index (χ0) is 95.5. The summed E-state index contributed by atoms with van der Waals surface area (Å²) in [4.78, 5) is 52.8. The Morgan fingerprint density at radius 3 is 0.938 bits per heavy atom. The molecule has 11 saturated heterocycles. The lowest BCUT2D eigenvalue weighted by Gasteiger charge is -2.52. The molecule has 0 aromatic heterocycles. The van der Waals surface area contributed by atoms with E-state index in [1.807, 2.05) is 0 Å². The third-order valence-corrected chi connectivity index (χ3v) is 24.2. The summed E-state index contributed by atoms with van der Waals surface area (Å²) in [5.41, 5.74) is 0. The van der Waals surface area contributed by atoms with Gasteiger partial charge in [-0.3, -0.25) is 19.2 Å². The third-order valence-electron chi connectivity index (χ3n) is 24.2. The number of carbonyl (C=O) groups is 4. The predicted octanol–water partition coefficient (Wildman–Crippen LogP) is -21.7.